The van der Waals surface area contributed by atoms with Gasteiger partial charge in [0.25, 0.3) is 0 Å². The van der Waals surface area contributed by atoms with E-state index in [0.29, 0.717) is 6.29 Å². The zero-order chi connectivity index (χ0) is 11.0. The molecule has 0 aliphatic heterocycles. The van der Waals surface area contributed by atoms with Crippen LogP contribution in [0.5, 0.6) is 0 Å². The molecule has 5 nitrogen and oxygen atoms in total. The molecule has 0 aliphatic carbocycles. The highest BCUT2D eigenvalue weighted by Crippen LogP contribution is 1.93. The Morgan fingerprint density at radius 2 is 2.36 bits per heavy atom. The highest BCUT2D eigenvalue weighted by Gasteiger charge is 2.08. The van der Waals surface area contributed by atoms with Gasteiger partial charge < -0.3 is 20.0 Å². The van der Waals surface area contributed by atoms with Crippen LogP contribution in [0, 0.1) is 0 Å². The van der Waals surface area contributed by atoms with E-state index >= 15 is 0 Å². The number of hydrogen-bond acceptors (Lipinski definition) is 5. The summed E-state index contributed by atoms with van der Waals surface area (Å²) in [4.78, 5) is 20.8. The van der Waals surface area contributed by atoms with Crippen molar-refractivity contribution < 1.29 is 19.4 Å². The smallest absolute Gasteiger partial charge is 0.333 e. The van der Waals surface area contributed by atoms with Gasteiger partial charge in [0.15, 0.2) is 0 Å². The molecule has 80 valence electrons. The van der Waals surface area contributed by atoms with Crippen LogP contribution in [-0.2, 0) is 14.3 Å². The number of rotatable bonds is 7. The lowest BCUT2D eigenvalue weighted by atomic mass is 10.3. The summed E-state index contributed by atoms with van der Waals surface area (Å²) in [6.45, 7) is 5.20. The first kappa shape index (κ1) is 12.8. The summed E-state index contributed by atoms with van der Waals surface area (Å²) in [5.41, 5.74) is 0.290. The molecule has 0 spiro atoms. The zero-order valence-corrected chi connectivity index (χ0v) is 8.16. The van der Waals surface area contributed by atoms with Crippen LogP contribution in [0.3, 0.4) is 0 Å². The van der Waals surface area contributed by atoms with E-state index in [1.54, 1.807) is 0 Å². The van der Waals surface area contributed by atoms with Crippen molar-refractivity contribution in [2.45, 2.75) is 13.0 Å². The van der Waals surface area contributed by atoms with E-state index in [1.165, 1.54) is 6.92 Å². The standard InChI is InChI=1S/C9H15NO4/c1-7(2)9(13)14-6-8(12)5-10-3-4-11/h4,8,10,12H,1,3,5-6H2,2H3. The predicted octanol–water partition coefficient (Wildman–Crippen LogP) is -0.745. The number of aliphatic hydroxyl groups excluding tert-OH is 1. The van der Waals surface area contributed by atoms with Gasteiger partial charge >= 0.3 is 5.97 Å². The van der Waals surface area contributed by atoms with Crippen molar-refractivity contribution in [3.63, 3.8) is 0 Å². The second kappa shape index (κ2) is 7.23. The molecule has 0 rings (SSSR count). The number of carbonyl (C=O) groups is 2. The van der Waals surface area contributed by atoms with Crippen molar-refractivity contribution >= 4 is 12.3 Å². The minimum absolute atomic E-state index is 0.0997. The lowest BCUT2D eigenvalue weighted by Crippen LogP contribution is -2.32. The molecule has 1 atom stereocenters. The molecule has 0 radical (unpaired) electrons. The van der Waals surface area contributed by atoms with Crippen molar-refractivity contribution in [3.05, 3.63) is 12.2 Å². The largest absolute Gasteiger partial charge is 0.460 e. The van der Waals surface area contributed by atoms with E-state index in [9.17, 15) is 14.7 Å². The Balaban J connectivity index is 3.52. The maximum absolute atomic E-state index is 10.9. The van der Waals surface area contributed by atoms with Gasteiger partial charge in [0.2, 0.25) is 0 Å². The molecule has 14 heavy (non-hydrogen) atoms. The van der Waals surface area contributed by atoms with Crippen molar-refractivity contribution in [3.8, 4) is 0 Å². The second-order valence-electron chi connectivity index (χ2n) is 2.86. The van der Waals surface area contributed by atoms with Crippen LogP contribution in [0.15, 0.2) is 12.2 Å². The molecule has 0 aromatic rings. The number of nitrogens with one attached hydrogen (secondary N) is 1. The molecule has 2 N–H and O–H groups in total. The van der Waals surface area contributed by atoms with Crippen molar-refractivity contribution in [1.82, 2.24) is 5.32 Å². The average molecular weight is 201 g/mol. The molecule has 0 saturated carbocycles. The van der Waals surface area contributed by atoms with Gasteiger partial charge in [0, 0.05) is 12.1 Å². The van der Waals surface area contributed by atoms with E-state index in [0.717, 1.165) is 0 Å². The van der Waals surface area contributed by atoms with Crippen molar-refractivity contribution in [2.75, 3.05) is 19.7 Å². The van der Waals surface area contributed by atoms with Gasteiger partial charge in [-0.05, 0) is 6.92 Å². The molecule has 0 saturated heterocycles. The maximum atomic E-state index is 10.9. The third-order valence-corrected chi connectivity index (χ3v) is 1.36. The normalized spacial score (nSPS) is 11.9. The first-order valence-corrected chi connectivity index (χ1v) is 4.23. The van der Waals surface area contributed by atoms with Crippen LogP contribution in [0.4, 0.5) is 0 Å². The molecule has 0 amide bonds. The molecule has 5 heteroatoms. The Morgan fingerprint density at radius 3 is 2.86 bits per heavy atom. The van der Waals surface area contributed by atoms with Crippen LogP contribution in [-0.4, -0.2) is 43.2 Å². The molecule has 0 bridgehead atoms. The molecule has 0 aliphatic rings. The first-order chi connectivity index (χ1) is 6.57. The fourth-order valence-corrected chi connectivity index (χ4v) is 0.663. The number of ether oxygens (including phenoxy) is 1. The average Bonchev–Trinajstić information content (AvgIpc) is 2.14. The Morgan fingerprint density at radius 1 is 1.71 bits per heavy atom. The molecule has 0 aromatic carbocycles. The summed E-state index contributed by atoms with van der Waals surface area (Å²) >= 11 is 0. The van der Waals surface area contributed by atoms with Gasteiger partial charge in [-0.3, -0.25) is 0 Å². The number of aliphatic hydroxyl groups is 1. The zero-order valence-electron chi connectivity index (χ0n) is 8.16. The number of carbonyl (C=O) groups excluding carboxylic acids is 2. The molecular weight excluding hydrogens is 186 g/mol. The lowest BCUT2D eigenvalue weighted by Gasteiger charge is -2.10. The quantitative estimate of drug-likeness (QED) is 0.245. The third-order valence-electron chi connectivity index (χ3n) is 1.36. The van der Waals surface area contributed by atoms with Crippen molar-refractivity contribution in [1.29, 1.82) is 0 Å². The molecule has 0 fully saturated rings. The minimum Gasteiger partial charge on any atom is -0.460 e. The number of hydrogen-bond donors (Lipinski definition) is 2. The number of esters is 1. The SMILES string of the molecule is C=C(C)C(=O)OCC(O)CNCC=O. The van der Waals surface area contributed by atoms with Crippen LogP contribution in [0.1, 0.15) is 6.92 Å². The van der Waals surface area contributed by atoms with Gasteiger partial charge in [-0.15, -0.1) is 0 Å². The molecule has 0 aromatic heterocycles. The van der Waals surface area contributed by atoms with Crippen LogP contribution >= 0.6 is 0 Å². The summed E-state index contributed by atoms with van der Waals surface area (Å²) in [6, 6.07) is 0. The van der Waals surface area contributed by atoms with Gasteiger partial charge in [0.05, 0.1) is 6.54 Å². The van der Waals surface area contributed by atoms with Crippen LogP contribution < -0.4 is 5.32 Å². The van der Waals surface area contributed by atoms with Gasteiger partial charge in [-0.25, -0.2) is 4.79 Å². The van der Waals surface area contributed by atoms with Gasteiger partial charge in [0.1, 0.15) is 19.0 Å². The van der Waals surface area contributed by atoms with Gasteiger partial charge in [-0.2, -0.15) is 0 Å². The highest BCUT2D eigenvalue weighted by atomic mass is 16.5. The van der Waals surface area contributed by atoms with Crippen LogP contribution in [0.2, 0.25) is 0 Å². The van der Waals surface area contributed by atoms with E-state index in [-0.39, 0.29) is 25.3 Å². The summed E-state index contributed by atoms with van der Waals surface area (Å²) in [7, 11) is 0. The number of aldehydes is 1. The topological polar surface area (TPSA) is 75.6 Å². The van der Waals surface area contributed by atoms with Crippen LogP contribution in [0.25, 0.3) is 0 Å². The monoisotopic (exact) mass is 201 g/mol. The van der Waals surface area contributed by atoms with E-state index in [4.69, 9.17) is 0 Å². The predicted molar refractivity (Wildman–Crippen MR) is 50.7 cm³/mol. The molecule has 1 unspecified atom stereocenters. The van der Waals surface area contributed by atoms with E-state index in [2.05, 4.69) is 16.6 Å². The minimum atomic E-state index is -0.807. The Bertz CT molecular complexity index is 215. The Labute approximate surface area is 82.7 Å². The Hall–Kier alpha value is -1.20. The fraction of sp³-hybridized carbons (Fsp3) is 0.556. The summed E-state index contributed by atoms with van der Waals surface area (Å²) < 4.78 is 4.68. The summed E-state index contributed by atoms with van der Waals surface area (Å²) in [5, 5.41) is 11.9. The van der Waals surface area contributed by atoms with E-state index < -0.39 is 12.1 Å². The van der Waals surface area contributed by atoms with Gasteiger partial charge in [-0.1, -0.05) is 6.58 Å². The maximum Gasteiger partial charge on any atom is 0.333 e. The fourth-order valence-electron chi connectivity index (χ4n) is 0.663. The lowest BCUT2D eigenvalue weighted by molar-refractivity contribution is -0.141. The summed E-state index contributed by atoms with van der Waals surface area (Å²) in [6.07, 6.45) is -0.120. The molecule has 0 heterocycles. The Kier molecular flexibility index (Phi) is 6.61. The van der Waals surface area contributed by atoms with E-state index in [1.807, 2.05) is 0 Å². The van der Waals surface area contributed by atoms with Crippen molar-refractivity contribution in [2.24, 2.45) is 0 Å². The highest BCUT2D eigenvalue weighted by molar-refractivity contribution is 5.86. The summed E-state index contributed by atoms with van der Waals surface area (Å²) in [5.74, 6) is -0.528. The molecular formula is C9H15NO4. The second-order valence-corrected chi connectivity index (χ2v) is 2.86. The third kappa shape index (κ3) is 6.33. The first-order valence-electron chi connectivity index (χ1n) is 4.23.